The lowest BCUT2D eigenvalue weighted by atomic mass is 10.0. The quantitative estimate of drug-likeness (QED) is 0.299. The summed E-state index contributed by atoms with van der Waals surface area (Å²) in [6, 6.07) is 22.2. The Morgan fingerprint density at radius 2 is 1.56 bits per heavy atom. The van der Waals surface area contributed by atoms with Crippen molar-refractivity contribution < 1.29 is 18.0 Å². The number of carbonyl (C=O) groups is 2. The number of hydrogen-bond donors (Lipinski definition) is 1. The van der Waals surface area contributed by atoms with Crippen LogP contribution in [0.1, 0.15) is 36.5 Å². The van der Waals surface area contributed by atoms with Gasteiger partial charge in [-0.3, -0.25) is 9.59 Å². The summed E-state index contributed by atoms with van der Waals surface area (Å²) in [4.78, 5) is 28.9. The van der Waals surface area contributed by atoms with Crippen molar-refractivity contribution >= 4 is 33.4 Å². The van der Waals surface area contributed by atoms with Crippen LogP contribution >= 0.6 is 11.6 Å². The second kappa shape index (κ2) is 14.3. The van der Waals surface area contributed by atoms with Crippen LogP contribution in [0.3, 0.4) is 0 Å². The van der Waals surface area contributed by atoms with E-state index in [2.05, 4.69) is 5.32 Å². The average Bonchev–Trinajstić information content (AvgIpc) is 2.92. The Balaban J connectivity index is 1.94. The lowest BCUT2D eigenvalue weighted by Crippen LogP contribution is -2.53. The van der Waals surface area contributed by atoms with Gasteiger partial charge in [-0.1, -0.05) is 85.1 Å². The van der Waals surface area contributed by atoms with Crippen molar-refractivity contribution in [3.8, 4) is 0 Å². The third kappa shape index (κ3) is 8.65. The highest BCUT2D eigenvalue weighted by atomic mass is 35.5. The molecule has 3 aromatic carbocycles. The van der Waals surface area contributed by atoms with Crippen LogP contribution in [0.25, 0.3) is 0 Å². The summed E-state index contributed by atoms with van der Waals surface area (Å²) in [5.74, 6) is -0.738. The van der Waals surface area contributed by atoms with Crippen molar-refractivity contribution in [2.75, 3.05) is 20.1 Å². The first-order valence-corrected chi connectivity index (χ1v) is 14.8. The molecule has 9 heteroatoms. The van der Waals surface area contributed by atoms with E-state index in [1.54, 1.807) is 0 Å². The summed E-state index contributed by atoms with van der Waals surface area (Å²) in [6.45, 7) is 4.25. The Morgan fingerprint density at radius 1 is 0.923 bits per heavy atom. The monoisotopic (exact) mass is 569 g/mol. The van der Waals surface area contributed by atoms with Gasteiger partial charge in [0, 0.05) is 31.6 Å². The van der Waals surface area contributed by atoms with Crippen molar-refractivity contribution in [1.29, 1.82) is 0 Å². The van der Waals surface area contributed by atoms with Gasteiger partial charge >= 0.3 is 0 Å². The molecule has 1 N–H and O–H groups in total. The van der Waals surface area contributed by atoms with Gasteiger partial charge in [-0.15, -0.1) is 0 Å². The number of aryl methyl sites for hydroxylation is 1. The summed E-state index contributed by atoms with van der Waals surface area (Å²) in [7, 11) is -2.60. The van der Waals surface area contributed by atoms with Crippen LogP contribution in [0.5, 0.6) is 0 Å². The van der Waals surface area contributed by atoms with Crippen molar-refractivity contribution in [3.05, 3.63) is 101 Å². The third-order valence-electron chi connectivity index (χ3n) is 6.45. The van der Waals surface area contributed by atoms with E-state index in [1.807, 2.05) is 68.4 Å². The highest BCUT2D eigenvalue weighted by Gasteiger charge is 2.33. The van der Waals surface area contributed by atoms with E-state index >= 15 is 0 Å². The number of hydrogen-bond acceptors (Lipinski definition) is 4. The van der Waals surface area contributed by atoms with E-state index in [9.17, 15) is 18.0 Å². The fourth-order valence-corrected chi connectivity index (χ4v) is 5.35. The normalized spacial score (nSPS) is 12.2. The lowest BCUT2D eigenvalue weighted by molar-refractivity contribution is -0.141. The summed E-state index contributed by atoms with van der Waals surface area (Å²) >= 11 is 5.92. The molecule has 208 valence electrons. The van der Waals surface area contributed by atoms with Crippen molar-refractivity contribution in [2.45, 2.75) is 50.6 Å². The highest BCUT2D eigenvalue weighted by molar-refractivity contribution is 7.89. The molecule has 0 aliphatic carbocycles. The van der Waals surface area contributed by atoms with E-state index in [4.69, 9.17) is 11.6 Å². The van der Waals surface area contributed by atoms with Crippen LogP contribution < -0.4 is 5.32 Å². The molecule has 0 saturated heterocycles. The van der Waals surface area contributed by atoms with Gasteiger partial charge in [0.05, 0.1) is 11.4 Å². The number of nitrogens with zero attached hydrogens (tertiary/aromatic N) is 2. The molecule has 0 aliphatic rings. The smallest absolute Gasteiger partial charge is 0.243 e. The van der Waals surface area contributed by atoms with E-state index in [0.29, 0.717) is 18.0 Å². The minimum Gasteiger partial charge on any atom is -0.354 e. The van der Waals surface area contributed by atoms with Gasteiger partial charge in [-0.25, -0.2) is 8.42 Å². The van der Waals surface area contributed by atoms with Crippen molar-refractivity contribution in [1.82, 2.24) is 14.5 Å². The third-order valence-corrected chi connectivity index (χ3v) is 8.52. The zero-order valence-electron chi connectivity index (χ0n) is 22.6. The molecule has 2 amide bonds. The molecule has 0 aliphatic heterocycles. The number of rotatable bonds is 13. The summed E-state index contributed by atoms with van der Waals surface area (Å²) < 4.78 is 27.4. The molecule has 0 unspecified atom stereocenters. The molecule has 3 rings (SSSR count). The largest absolute Gasteiger partial charge is 0.354 e. The maximum atomic E-state index is 13.8. The minimum atomic E-state index is -3.96. The Bertz CT molecular complexity index is 1330. The first-order valence-electron chi connectivity index (χ1n) is 13.0. The Morgan fingerprint density at radius 3 is 2.18 bits per heavy atom. The minimum absolute atomic E-state index is 0.0328. The molecule has 0 fully saturated rings. The van der Waals surface area contributed by atoms with E-state index in [1.165, 1.54) is 36.2 Å². The van der Waals surface area contributed by atoms with Crippen LogP contribution in [0.4, 0.5) is 0 Å². The molecule has 0 radical (unpaired) electrons. The molecular formula is C30H36ClN3O4S. The molecule has 39 heavy (non-hydrogen) atoms. The molecule has 0 saturated carbocycles. The predicted octanol–water partition coefficient (Wildman–Crippen LogP) is 4.83. The van der Waals surface area contributed by atoms with Crippen molar-refractivity contribution in [3.63, 3.8) is 0 Å². The summed E-state index contributed by atoms with van der Waals surface area (Å²) in [6.07, 6.45) is 2.03. The second-order valence-electron chi connectivity index (χ2n) is 9.57. The lowest BCUT2D eigenvalue weighted by Gasteiger charge is -2.32. The maximum absolute atomic E-state index is 13.8. The van der Waals surface area contributed by atoms with Crippen molar-refractivity contribution in [2.24, 2.45) is 0 Å². The first kappa shape index (κ1) is 30.3. The number of amides is 2. The van der Waals surface area contributed by atoms with Gasteiger partial charge in [0.15, 0.2) is 0 Å². The Kier molecular flexibility index (Phi) is 11.1. The molecule has 7 nitrogen and oxygen atoms in total. The van der Waals surface area contributed by atoms with Gasteiger partial charge in [-0.2, -0.15) is 4.31 Å². The molecule has 3 aromatic rings. The number of benzene rings is 3. The second-order valence-corrected chi connectivity index (χ2v) is 12.1. The van der Waals surface area contributed by atoms with Crippen LogP contribution in [0.15, 0.2) is 83.8 Å². The molecule has 0 spiro atoms. The zero-order valence-corrected chi connectivity index (χ0v) is 24.2. The fraction of sp³-hybridized carbons (Fsp3) is 0.333. The van der Waals surface area contributed by atoms with Crippen LogP contribution in [0.2, 0.25) is 5.02 Å². The standard InChI is InChI=1S/C30H36ClN3O4S/c1-4-5-19-32-30(36)28(20-24-9-7-6-8-10-24)34(21-25-13-11-23(2)12-14-25)29(35)22-33(3)39(37,38)27-17-15-26(31)16-18-27/h6-18,28H,4-5,19-22H2,1-3H3,(H,32,36)/t28-/m1/s1. The molecule has 0 heterocycles. The fourth-order valence-electron chi connectivity index (χ4n) is 4.10. The number of halogens is 1. The molecule has 0 aromatic heterocycles. The van der Waals surface area contributed by atoms with Gasteiger partial charge in [0.1, 0.15) is 6.04 Å². The van der Waals surface area contributed by atoms with E-state index in [-0.39, 0.29) is 17.3 Å². The predicted molar refractivity (Wildman–Crippen MR) is 155 cm³/mol. The SMILES string of the molecule is CCCCNC(=O)[C@@H](Cc1ccccc1)N(Cc1ccc(C)cc1)C(=O)CN(C)S(=O)(=O)c1ccc(Cl)cc1. The number of sulfonamides is 1. The maximum Gasteiger partial charge on any atom is 0.243 e. The summed E-state index contributed by atoms with van der Waals surface area (Å²) in [5, 5.41) is 3.38. The zero-order chi connectivity index (χ0) is 28.4. The Hall–Kier alpha value is -3.20. The molecule has 0 bridgehead atoms. The number of nitrogens with one attached hydrogen (secondary N) is 1. The van der Waals surface area contributed by atoms with Gasteiger partial charge in [0.25, 0.3) is 0 Å². The number of unbranched alkanes of at least 4 members (excludes halogenated alkanes) is 1. The topological polar surface area (TPSA) is 86.8 Å². The number of carbonyl (C=O) groups excluding carboxylic acids is 2. The van der Waals surface area contributed by atoms with Crippen LogP contribution in [-0.4, -0.2) is 55.6 Å². The average molecular weight is 570 g/mol. The highest BCUT2D eigenvalue weighted by Crippen LogP contribution is 2.20. The van der Waals surface area contributed by atoms with Gasteiger partial charge in [0.2, 0.25) is 21.8 Å². The summed E-state index contributed by atoms with van der Waals surface area (Å²) in [5.41, 5.74) is 2.82. The molecule has 1 atom stereocenters. The van der Waals surface area contributed by atoms with E-state index in [0.717, 1.165) is 33.8 Å². The molecular weight excluding hydrogens is 534 g/mol. The van der Waals surface area contributed by atoms with Crippen LogP contribution in [-0.2, 0) is 32.6 Å². The van der Waals surface area contributed by atoms with Gasteiger partial charge < -0.3 is 10.2 Å². The Labute approximate surface area is 236 Å². The van der Waals surface area contributed by atoms with E-state index < -0.39 is 28.5 Å². The van der Waals surface area contributed by atoms with Gasteiger partial charge in [-0.05, 0) is 48.7 Å². The first-order chi connectivity index (χ1) is 18.6. The number of likely N-dealkylation sites (N-methyl/N-ethyl adjacent to an activating group) is 1. The van der Waals surface area contributed by atoms with Crippen LogP contribution in [0, 0.1) is 6.92 Å².